The van der Waals surface area contributed by atoms with E-state index in [9.17, 15) is 22.4 Å². The zero-order valence-electron chi connectivity index (χ0n) is 14.5. The van der Waals surface area contributed by atoms with E-state index < -0.39 is 23.7 Å². The molecule has 2 amide bonds. The highest BCUT2D eigenvalue weighted by Gasteiger charge is 2.66. The van der Waals surface area contributed by atoms with E-state index in [1.807, 2.05) is 0 Å². The lowest BCUT2D eigenvalue weighted by molar-refractivity contribution is -0.391. The van der Waals surface area contributed by atoms with Gasteiger partial charge in [-0.05, 0) is 25.0 Å². The van der Waals surface area contributed by atoms with E-state index in [-0.39, 0.29) is 12.6 Å². The first kappa shape index (κ1) is 18.9. The average molecular weight is 417 g/mol. The molecule has 0 aliphatic carbocycles. The molecule has 3 heterocycles. The van der Waals surface area contributed by atoms with Gasteiger partial charge in [0.25, 0.3) is 0 Å². The highest BCUT2D eigenvalue weighted by molar-refractivity contribution is 8.18. The van der Waals surface area contributed by atoms with Gasteiger partial charge in [0.2, 0.25) is 0 Å². The standard InChI is InChI=1S/C17H15F4N3O3S/c1-10-9-24(15(28-10)22-14(25)23-6-2-3-7-23)11-4-5-12-13(8-11)27-17(20,21)16(18,19)26-12/h4-5,8H,1-3,6-7,9H2/b22-15-. The number of ether oxygens (including phenoxy) is 2. The second-order valence-corrected chi connectivity index (χ2v) is 7.61. The Morgan fingerprint density at radius 1 is 1.11 bits per heavy atom. The van der Waals surface area contributed by atoms with Gasteiger partial charge in [0.1, 0.15) is 0 Å². The van der Waals surface area contributed by atoms with Gasteiger partial charge in [-0.25, -0.2) is 4.79 Å². The SMILES string of the molecule is C=C1CN(c2ccc3c(c2)OC(F)(F)C(F)(F)O3)/C(=N/C(=O)N2CCCC2)S1. The molecule has 11 heteroatoms. The first-order valence-corrected chi connectivity index (χ1v) is 9.26. The Morgan fingerprint density at radius 3 is 2.43 bits per heavy atom. The number of fused-ring (bicyclic) bond motifs is 1. The van der Waals surface area contributed by atoms with Crippen LogP contribution in [0, 0.1) is 0 Å². The molecule has 0 radical (unpaired) electrons. The zero-order valence-corrected chi connectivity index (χ0v) is 15.3. The molecule has 0 N–H and O–H groups in total. The van der Waals surface area contributed by atoms with E-state index >= 15 is 0 Å². The Balaban J connectivity index is 1.63. The normalized spacial score (nSPS) is 24.1. The molecule has 28 heavy (non-hydrogen) atoms. The fourth-order valence-electron chi connectivity index (χ4n) is 3.03. The molecule has 6 nitrogen and oxygen atoms in total. The third-order valence-electron chi connectivity index (χ3n) is 4.42. The van der Waals surface area contributed by atoms with Crippen LogP contribution in [0.15, 0.2) is 34.7 Å². The van der Waals surface area contributed by atoms with Gasteiger partial charge in [-0.2, -0.15) is 22.6 Å². The maximum Gasteiger partial charge on any atom is 0.507 e. The van der Waals surface area contributed by atoms with Crippen LogP contribution in [0.4, 0.5) is 28.0 Å². The number of hydrogen-bond acceptors (Lipinski definition) is 4. The number of carbonyl (C=O) groups is 1. The number of anilines is 1. The lowest BCUT2D eigenvalue weighted by Crippen LogP contribution is -2.52. The molecule has 2 fully saturated rings. The van der Waals surface area contributed by atoms with Gasteiger partial charge in [-0.3, -0.25) is 0 Å². The van der Waals surface area contributed by atoms with Crippen molar-refractivity contribution in [1.29, 1.82) is 0 Å². The van der Waals surface area contributed by atoms with Crippen molar-refractivity contribution < 1.29 is 31.8 Å². The topological polar surface area (TPSA) is 54.4 Å². The van der Waals surface area contributed by atoms with Crippen LogP contribution in [0.3, 0.4) is 0 Å². The molecule has 1 aromatic rings. The van der Waals surface area contributed by atoms with Crippen LogP contribution in [0.25, 0.3) is 0 Å². The molecule has 0 saturated carbocycles. The molecule has 4 rings (SSSR count). The van der Waals surface area contributed by atoms with Crippen molar-refractivity contribution in [1.82, 2.24) is 4.90 Å². The monoisotopic (exact) mass is 417 g/mol. The van der Waals surface area contributed by atoms with E-state index in [4.69, 9.17) is 0 Å². The lowest BCUT2D eigenvalue weighted by Gasteiger charge is -2.32. The molecule has 0 spiro atoms. The average Bonchev–Trinajstić information content (AvgIpc) is 3.25. The minimum atomic E-state index is -4.80. The fraction of sp³-hybridized carbons (Fsp3) is 0.412. The summed E-state index contributed by atoms with van der Waals surface area (Å²) in [6.07, 6.45) is -7.74. The number of amides is 2. The zero-order chi connectivity index (χ0) is 20.1. The minimum absolute atomic E-state index is 0.281. The van der Waals surface area contributed by atoms with Crippen molar-refractivity contribution in [3.05, 3.63) is 29.7 Å². The van der Waals surface area contributed by atoms with Crippen LogP contribution in [-0.4, -0.2) is 48.0 Å². The highest BCUT2D eigenvalue weighted by atomic mass is 32.2. The van der Waals surface area contributed by atoms with Crippen LogP contribution < -0.4 is 14.4 Å². The molecule has 150 valence electrons. The van der Waals surface area contributed by atoms with E-state index in [1.54, 1.807) is 9.80 Å². The van der Waals surface area contributed by atoms with E-state index in [2.05, 4.69) is 21.0 Å². The van der Waals surface area contributed by atoms with Crippen LogP contribution in [0.1, 0.15) is 12.8 Å². The number of urea groups is 1. The van der Waals surface area contributed by atoms with Gasteiger partial charge in [-0.15, -0.1) is 0 Å². The van der Waals surface area contributed by atoms with E-state index in [0.29, 0.717) is 28.8 Å². The summed E-state index contributed by atoms with van der Waals surface area (Å²) in [5.41, 5.74) is 0.336. The molecular weight excluding hydrogens is 402 g/mol. The number of rotatable bonds is 1. The largest absolute Gasteiger partial charge is 0.507 e. The summed E-state index contributed by atoms with van der Waals surface area (Å²) in [6, 6.07) is 3.27. The number of halogens is 4. The highest BCUT2D eigenvalue weighted by Crippen LogP contribution is 2.48. The molecule has 0 atom stereocenters. The van der Waals surface area contributed by atoms with E-state index in [1.165, 1.54) is 17.8 Å². The van der Waals surface area contributed by atoms with Gasteiger partial charge in [0.05, 0.1) is 6.54 Å². The smallest absolute Gasteiger partial charge is 0.421 e. The number of likely N-dealkylation sites (tertiary alicyclic amines) is 1. The number of benzene rings is 1. The van der Waals surface area contributed by atoms with Crippen LogP contribution in [0.2, 0.25) is 0 Å². The Labute approximate surface area is 161 Å². The third kappa shape index (κ3) is 3.27. The summed E-state index contributed by atoms with van der Waals surface area (Å²) < 4.78 is 61.7. The number of aliphatic imine (C=N–C) groups is 1. The van der Waals surface area contributed by atoms with Crippen LogP contribution in [-0.2, 0) is 0 Å². The molecular formula is C17H15F4N3O3S. The molecule has 2 saturated heterocycles. The molecule has 0 bridgehead atoms. The third-order valence-corrected chi connectivity index (χ3v) is 5.33. The van der Waals surface area contributed by atoms with Gasteiger partial charge in [0.15, 0.2) is 16.7 Å². The Kier molecular flexibility index (Phi) is 4.44. The van der Waals surface area contributed by atoms with E-state index in [0.717, 1.165) is 25.0 Å². The maximum absolute atomic E-state index is 13.5. The summed E-state index contributed by atoms with van der Waals surface area (Å²) in [5.74, 6) is -1.03. The Bertz CT molecular complexity index is 871. The van der Waals surface area contributed by atoms with Crippen molar-refractivity contribution in [2.75, 3.05) is 24.5 Å². The molecule has 3 aliphatic heterocycles. The molecule has 0 aromatic heterocycles. The number of nitrogens with zero attached hydrogens (tertiary/aromatic N) is 3. The van der Waals surface area contributed by atoms with Gasteiger partial charge in [0, 0.05) is 29.7 Å². The van der Waals surface area contributed by atoms with Gasteiger partial charge < -0.3 is 19.3 Å². The quantitative estimate of drug-likeness (QED) is 0.639. The fourth-order valence-corrected chi connectivity index (χ4v) is 3.89. The second-order valence-electron chi connectivity index (χ2n) is 6.47. The molecule has 0 unspecified atom stereocenters. The number of hydrogen-bond donors (Lipinski definition) is 0. The number of thioether (sulfide) groups is 1. The Hall–Kier alpha value is -2.43. The summed E-state index contributed by atoms with van der Waals surface area (Å²) in [7, 11) is 0. The predicted molar refractivity (Wildman–Crippen MR) is 95.3 cm³/mol. The molecule has 3 aliphatic rings. The number of carbonyl (C=O) groups excluding carboxylic acids is 1. The first-order chi connectivity index (χ1) is 13.2. The number of amidine groups is 1. The summed E-state index contributed by atoms with van der Waals surface area (Å²) >= 11 is 1.19. The summed E-state index contributed by atoms with van der Waals surface area (Å²) in [4.78, 5) is 20.3. The maximum atomic E-state index is 13.5. The summed E-state index contributed by atoms with van der Waals surface area (Å²) in [6.45, 7) is 5.40. The second kappa shape index (κ2) is 6.57. The Morgan fingerprint density at radius 2 is 1.75 bits per heavy atom. The van der Waals surface area contributed by atoms with Crippen molar-refractivity contribution >= 4 is 28.6 Å². The lowest BCUT2D eigenvalue weighted by atomic mass is 10.2. The van der Waals surface area contributed by atoms with Crippen molar-refractivity contribution in [3.8, 4) is 11.5 Å². The molecule has 1 aromatic carbocycles. The van der Waals surface area contributed by atoms with Crippen LogP contribution in [0.5, 0.6) is 11.5 Å². The van der Waals surface area contributed by atoms with Crippen molar-refractivity contribution in [2.45, 2.75) is 25.1 Å². The predicted octanol–water partition coefficient (Wildman–Crippen LogP) is 4.28. The summed E-state index contributed by atoms with van der Waals surface area (Å²) in [5, 5.41) is 0.329. The van der Waals surface area contributed by atoms with Gasteiger partial charge in [-0.1, -0.05) is 18.3 Å². The minimum Gasteiger partial charge on any atom is -0.421 e. The van der Waals surface area contributed by atoms with Crippen molar-refractivity contribution in [3.63, 3.8) is 0 Å². The van der Waals surface area contributed by atoms with Crippen LogP contribution >= 0.6 is 11.8 Å². The number of alkyl halides is 4. The van der Waals surface area contributed by atoms with Gasteiger partial charge >= 0.3 is 18.2 Å². The first-order valence-electron chi connectivity index (χ1n) is 8.45. The van der Waals surface area contributed by atoms with Crippen molar-refractivity contribution in [2.24, 2.45) is 4.99 Å².